The average molecular weight is 219 g/mol. The van der Waals surface area contributed by atoms with Crippen LogP contribution in [-0.4, -0.2) is 56.6 Å². The van der Waals surface area contributed by atoms with Crippen molar-refractivity contribution in [3.63, 3.8) is 0 Å². The van der Waals surface area contributed by atoms with E-state index in [0.29, 0.717) is 26.2 Å². The molecule has 0 saturated carbocycles. The maximum absolute atomic E-state index is 13.2. The number of methoxy groups -OCH3 is 1. The third-order valence-electron chi connectivity index (χ3n) is 2.68. The van der Waals surface area contributed by atoms with Crippen molar-refractivity contribution in [3.8, 4) is 0 Å². The third-order valence-corrected chi connectivity index (χ3v) is 2.68. The van der Waals surface area contributed by atoms with Crippen LogP contribution in [0.5, 0.6) is 0 Å². The highest BCUT2D eigenvalue weighted by Crippen LogP contribution is 2.20. The Bertz CT molecular complexity index is 178. The first-order valence-corrected chi connectivity index (χ1v) is 5.62. The van der Waals surface area contributed by atoms with Crippen LogP contribution in [0.4, 0.5) is 4.39 Å². The van der Waals surface area contributed by atoms with E-state index in [0.717, 1.165) is 6.54 Å². The number of nitrogens with zero attached hydrogens (tertiary/aromatic N) is 1. The lowest BCUT2D eigenvalue weighted by atomic mass is 10.2. The van der Waals surface area contributed by atoms with Crippen LogP contribution >= 0.6 is 0 Å². The smallest absolute Gasteiger partial charge is 0.114 e. The van der Waals surface area contributed by atoms with Crippen LogP contribution in [-0.2, 0) is 9.47 Å². The summed E-state index contributed by atoms with van der Waals surface area (Å²) < 4.78 is 23.8. The van der Waals surface area contributed by atoms with Gasteiger partial charge in [-0.3, -0.25) is 4.90 Å². The van der Waals surface area contributed by atoms with Crippen molar-refractivity contribution < 1.29 is 13.9 Å². The fourth-order valence-corrected chi connectivity index (χ4v) is 1.88. The molecule has 0 radical (unpaired) electrons. The fraction of sp³-hybridized carbons (Fsp3) is 1.00. The third kappa shape index (κ3) is 4.45. The molecule has 0 aromatic rings. The van der Waals surface area contributed by atoms with Gasteiger partial charge in [0.05, 0.1) is 19.3 Å². The van der Waals surface area contributed by atoms with E-state index in [1.807, 2.05) is 13.8 Å². The highest BCUT2D eigenvalue weighted by Gasteiger charge is 2.31. The molecule has 90 valence electrons. The molecule has 0 aromatic carbocycles. The van der Waals surface area contributed by atoms with Crippen molar-refractivity contribution in [2.75, 3.05) is 33.4 Å². The zero-order valence-electron chi connectivity index (χ0n) is 9.91. The molecule has 1 saturated heterocycles. The van der Waals surface area contributed by atoms with Crippen LogP contribution in [0.2, 0.25) is 0 Å². The van der Waals surface area contributed by atoms with Gasteiger partial charge in [0.15, 0.2) is 0 Å². The maximum Gasteiger partial charge on any atom is 0.114 e. The number of likely N-dealkylation sites (tertiary alicyclic amines) is 1. The lowest BCUT2D eigenvalue weighted by Gasteiger charge is -2.24. The lowest BCUT2D eigenvalue weighted by molar-refractivity contribution is 0.0311. The SMILES string of the molecule is COCCN1CC(F)CC1COC(C)C. The Balaban J connectivity index is 2.31. The largest absolute Gasteiger partial charge is 0.383 e. The summed E-state index contributed by atoms with van der Waals surface area (Å²) in [7, 11) is 1.67. The average Bonchev–Trinajstić information content (AvgIpc) is 2.52. The van der Waals surface area contributed by atoms with Crippen LogP contribution in [0.25, 0.3) is 0 Å². The van der Waals surface area contributed by atoms with Gasteiger partial charge in [-0.25, -0.2) is 4.39 Å². The summed E-state index contributed by atoms with van der Waals surface area (Å²) in [4.78, 5) is 2.12. The van der Waals surface area contributed by atoms with Crippen LogP contribution in [0.1, 0.15) is 20.3 Å². The highest BCUT2D eigenvalue weighted by molar-refractivity contribution is 4.85. The second kappa shape index (κ2) is 6.40. The fourth-order valence-electron chi connectivity index (χ4n) is 1.88. The van der Waals surface area contributed by atoms with E-state index in [1.54, 1.807) is 7.11 Å². The molecular formula is C11H22FNO2. The lowest BCUT2D eigenvalue weighted by Crippen LogP contribution is -2.36. The zero-order chi connectivity index (χ0) is 11.3. The van der Waals surface area contributed by atoms with E-state index in [4.69, 9.17) is 9.47 Å². The number of halogens is 1. The molecule has 0 N–H and O–H groups in total. The molecular weight excluding hydrogens is 197 g/mol. The van der Waals surface area contributed by atoms with Gasteiger partial charge in [-0.05, 0) is 20.3 Å². The summed E-state index contributed by atoms with van der Waals surface area (Å²) in [5, 5.41) is 0. The molecule has 2 atom stereocenters. The van der Waals surface area contributed by atoms with E-state index >= 15 is 0 Å². The van der Waals surface area contributed by atoms with Crippen LogP contribution in [0, 0.1) is 0 Å². The number of hydrogen-bond acceptors (Lipinski definition) is 3. The summed E-state index contributed by atoms with van der Waals surface area (Å²) in [5.74, 6) is 0. The molecule has 1 rings (SSSR count). The molecule has 4 heteroatoms. The molecule has 1 heterocycles. The van der Waals surface area contributed by atoms with Crippen LogP contribution in [0.15, 0.2) is 0 Å². The maximum atomic E-state index is 13.2. The Morgan fingerprint density at radius 1 is 1.47 bits per heavy atom. The van der Waals surface area contributed by atoms with Crippen molar-refractivity contribution in [1.82, 2.24) is 4.90 Å². The molecule has 0 aliphatic carbocycles. The number of alkyl halides is 1. The van der Waals surface area contributed by atoms with E-state index in [1.165, 1.54) is 0 Å². The van der Waals surface area contributed by atoms with Crippen LogP contribution < -0.4 is 0 Å². The topological polar surface area (TPSA) is 21.7 Å². The number of hydrogen-bond donors (Lipinski definition) is 0. The van der Waals surface area contributed by atoms with Crippen molar-refractivity contribution in [2.24, 2.45) is 0 Å². The van der Waals surface area contributed by atoms with Crippen molar-refractivity contribution in [2.45, 2.75) is 38.6 Å². The molecule has 15 heavy (non-hydrogen) atoms. The van der Waals surface area contributed by atoms with Crippen LogP contribution in [0.3, 0.4) is 0 Å². The van der Waals surface area contributed by atoms with Gasteiger partial charge in [0.2, 0.25) is 0 Å². The summed E-state index contributed by atoms with van der Waals surface area (Å²) in [5.41, 5.74) is 0. The van der Waals surface area contributed by atoms with Gasteiger partial charge in [-0.15, -0.1) is 0 Å². The molecule has 3 nitrogen and oxygen atoms in total. The first kappa shape index (κ1) is 12.9. The van der Waals surface area contributed by atoms with E-state index in [9.17, 15) is 4.39 Å². The van der Waals surface area contributed by atoms with Gasteiger partial charge in [-0.1, -0.05) is 0 Å². The Kier molecular flexibility index (Phi) is 5.50. The Morgan fingerprint density at radius 3 is 2.80 bits per heavy atom. The molecule has 1 aliphatic heterocycles. The van der Waals surface area contributed by atoms with Gasteiger partial charge in [0.25, 0.3) is 0 Å². The Labute approximate surface area is 91.5 Å². The monoisotopic (exact) mass is 219 g/mol. The van der Waals surface area contributed by atoms with E-state index < -0.39 is 6.17 Å². The van der Waals surface area contributed by atoms with Gasteiger partial charge < -0.3 is 9.47 Å². The molecule has 0 amide bonds. The minimum Gasteiger partial charge on any atom is -0.383 e. The molecule has 1 aliphatic rings. The zero-order valence-corrected chi connectivity index (χ0v) is 9.91. The normalized spacial score (nSPS) is 27.8. The molecule has 0 aromatic heterocycles. The first-order valence-electron chi connectivity index (χ1n) is 5.62. The second-order valence-electron chi connectivity index (χ2n) is 4.36. The van der Waals surface area contributed by atoms with Gasteiger partial charge in [0.1, 0.15) is 6.17 Å². The summed E-state index contributed by atoms with van der Waals surface area (Å²) in [6, 6.07) is 0.220. The van der Waals surface area contributed by atoms with Crippen molar-refractivity contribution >= 4 is 0 Å². The molecule has 0 spiro atoms. The van der Waals surface area contributed by atoms with E-state index in [2.05, 4.69) is 4.90 Å². The Hall–Kier alpha value is -0.190. The standard InChI is InChI=1S/C11H22FNO2/c1-9(2)15-8-11-6-10(12)7-13(11)4-5-14-3/h9-11H,4-8H2,1-3H3. The summed E-state index contributed by atoms with van der Waals surface area (Å²) in [6.45, 7) is 6.61. The van der Waals surface area contributed by atoms with E-state index in [-0.39, 0.29) is 12.1 Å². The number of ether oxygens (including phenoxy) is 2. The highest BCUT2D eigenvalue weighted by atomic mass is 19.1. The molecule has 2 unspecified atom stereocenters. The van der Waals surface area contributed by atoms with Gasteiger partial charge >= 0.3 is 0 Å². The summed E-state index contributed by atoms with van der Waals surface area (Å²) in [6.07, 6.45) is 0.103. The minimum absolute atomic E-state index is 0.216. The molecule has 0 bridgehead atoms. The first-order chi connectivity index (χ1) is 7.13. The minimum atomic E-state index is -0.706. The van der Waals surface area contributed by atoms with Crippen molar-refractivity contribution in [1.29, 1.82) is 0 Å². The predicted octanol–water partition coefficient (Wildman–Crippen LogP) is 1.47. The van der Waals surface area contributed by atoms with Crippen molar-refractivity contribution in [3.05, 3.63) is 0 Å². The second-order valence-corrected chi connectivity index (χ2v) is 4.36. The van der Waals surface area contributed by atoms with Gasteiger partial charge in [0, 0.05) is 26.2 Å². The predicted molar refractivity (Wildman–Crippen MR) is 57.8 cm³/mol. The quantitative estimate of drug-likeness (QED) is 0.675. The Morgan fingerprint density at radius 2 is 2.20 bits per heavy atom. The number of rotatable bonds is 6. The summed E-state index contributed by atoms with van der Waals surface area (Å²) >= 11 is 0. The molecule has 1 fully saturated rings. The van der Waals surface area contributed by atoms with Gasteiger partial charge in [-0.2, -0.15) is 0 Å².